The van der Waals surface area contributed by atoms with Crippen molar-refractivity contribution in [2.24, 2.45) is 11.8 Å². The van der Waals surface area contributed by atoms with Gasteiger partial charge in [0.2, 0.25) is 0 Å². The summed E-state index contributed by atoms with van der Waals surface area (Å²) in [6.45, 7) is 7.45. The summed E-state index contributed by atoms with van der Waals surface area (Å²) in [5.41, 5.74) is 0. The maximum Gasteiger partial charge on any atom is 0.311 e. The molecule has 0 saturated carbocycles. The van der Waals surface area contributed by atoms with E-state index < -0.39 is 12.0 Å². The first-order valence-corrected chi connectivity index (χ1v) is 4.77. The molecule has 1 rings (SSSR count). The lowest BCUT2D eigenvalue weighted by Crippen LogP contribution is -2.43. The van der Waals surface area contributed by atoms with Gasteiger partial charge < -0.3 is 9.84 Å². The van der Waals surface area contributed by atoms with Crippen molar-refractivity contribution in [1.82, 2.24) is 0 Å². The molecule has 1 aliphatic rings. The second-order valence-corrected chi connectivity index (χ2v) is 3.54. The number of hydrogen-bond acceptors (Lipinski definition) is 3. The van der Waals surface area contributed by atoms with E-state index in [1.807, 2.05) is 0 Å². The minimum atomic E-state index is -0.632. The molecule has 3 heteroatoms. The van der Waals surface area contributed by atoms with Gasteiger partial charge in [-0.2, -0.15) is 0 Å². The second kappa shape index (κ2) is 4.96. The molecule has 3 nitrogen and oxygen atoms in total. The molecule has 3 atom stereocenters. The van der Waals surface area contributed by atoms with E-state index in [1.54, 1.807) is 12.2 Å². The highest BCUT2D eigenvalue weighted by Crippen LogP contribution is 2.26. The first-order chi connectivity index (χ1) is 6.70. The number of hydrogen-bond donors (Lipinski definition) is 1. The molecule has 0 aliphatic carbocycles. The second-order valence-electron chi connectivity index (χ2n) is 3.54. The number of cyclic esters (lactones) is 1. The molecule has 3 unspecified atom stereocenters. The van der Waals surface area contributed by atoms with Crippen molar-refractivity contribution in [3.05, 3.63) is 25.3 Å². The third kappa shape index (κ3) is 2.23. The summed E-state index contributed by atoms with van der Waals surface area (Å²) in [6, 6.07) is 0. The number of esters is 1. The summed E-state index contributed by atoms with van der Waals surface area (Å²) in [5.74, 6) is -0.793. The molecule has 1 aliphatic heterocycles. The van der Waals surface area contributed by atoms with Crippen molar-refractivity contribution >= 4 is 5.97 Å². The Morgan fingerprint density at radius 2 is 2.07 bits per heavy atom. The molecule has 0 aromatic heterocycles. The minimum Gasteiger partial charge on any atom is -0.465 e. The maximum absolute atomic E-state index is 11.3. The zero-order valence-electron chi connectivity index (χ0n) is 8.19. The Morgan fingerprint density at radius 1 is 1.43 bits per heavy atom. The normalized spacial score (nSPS) is 32.1. The van der Waals surface area contributed by atoms with Crippen molar-refractivity contribution in [1.29, 1.82) is 0 Å². The summed E-state index contributed by atoms with van der Waals surface area (Å²) >= 11 is 0. The first-order valence-electron chi connectivity index (χ1n) is 4.77. The third-order valence-corrected chi connectivity index (χ3v) is 2.53. The van der Waals surface area contributed by atoms with Gasteiger partial charge in [0.15, 0.2) is 0 Å². The number of allylic oxidation sites excluding steroid dienone is 2. The van der Waals surface area contributed by atoms with Gasteiger partial charge in [-0.15, -0.1) is 13.2 Å². The largest absolute Gasteiger partial charge is 0.465 e. The fraction of sp³-hybridized carbons (Fsp3) is 0.545. The fourth-order valence-electron chi connectivity index (χ4n) is 1.70. The van der Waals surface area contributed by atoms with Gasteiger partial charge in [0.1, 0.15) is 0 Å². The Morgan fingerprint density at radius 3 is 2.64 bits per heavy atom. The number of rotatable bonds is 4. The number of ether oxygens (including phenoxy) is 1. The molecule has 78 valence electrons. The fourth-order valence-corrected chi connectivity index (χ4v) is 1.70. The molecule has 0 amide bonds. The summed E-state index contributed by atoms with van der Waals surface area (Å²) in [4.78, 5) is 11.3. The molecule has 1 fully saturated rings. The number of carbonyl (C=O) groups excluding carboxylic acids is 1. The third-order valence-electron chi connectivity index (χ3n) is 2.53. The number of carbonyl (C=O) groups is 1. The molecule has 0 radical (unpaired) electrons. The van der Waals surface area contributed by atoms with Crippen LogP contribution in [0.5, 0.6) is 0 Å². The van der Waals surface area contributed by atoms with Gasteiger partial charge in [-0.3, -0.25) is 4.79 Å². The Labute approximate surface area is 84.1 Å². The smallest absolute Gasteiger partial charge is 0.311 e. The van der Waals surface area contributed by atoms with Crippen LogP contribution in [-0.2, 0) is 9.53 Å². The van der Waals surface area contributed by atoms with Crippen LogP contribution in [0.4, 0.5) is 0 Å². The highest BCUT2D eigenvalue weighted by Gasteiger charge is 2.37. The van der Waals surface area contributed by atoms with E-state index in [0.29, 0.717) is 19.4 Å². The van der Waals surface area contributed by atoms with Gasteiger partial charge in [0.05, 0.1) is 18.6 Å². The van der Waals surface area contributed by atoms with Crippen molar-refractivity contribution in [3.63, 3.8) is 0 Å². The van der Waals surface area contributed by atoms with Crippen molar-refractivity contribution in [2.75, 3.05) is 6.61 Å². The quantitative estimate of drug-likeness (QED) is 0.544. The van der Waals surface area contributed by atoms with Gasteiger partial charge in [-0.25, -0.2) is 0 Å². The van der Waals surface area contributed by atoms with E-state index in [1.165, 1.54) is 0 Å². The van der Waals surface area contributed by atoms with Gasteiger partial charge in [0.25, 0.3) is 0 Å². The van der Waals surface area contributed by atoms with Crippen LogP contribution in [0, 0.1) is 11.8 Å². The first kappa shape index (κ1) is 11.0. The van der Waals surface area contributed by atoms with E-state index >= 15 is 0 Å². The monoisotopic (exact) mass is 196 g/mol. The molecule has 1 N–H and O–H groups in total. The summed E-state index contributed by atoms with van der Waals surface area (Å²) in [7, 11) is 0. The predicted octanol–water partition coefficient (Wildman–Crippen LogP) is 1.29. The van der Waals surface area contributed by atoms with E-state index in [-0.39, 0.29) is 11.9 Å². The highest BCUT2D eigenvalue weighted by atomic mass is 16.5. The van der Waals surface area contributed by atoms with E-state index in [0.717, 1.165) is 0 Å². The van der Waals surface area contributed by atoms with Gasteiger partial charge in [-0.05, 0) is 12.8 Å². The van der Waals surface area contributed by atoms with Gasteiger partial charge in [-0.1, -0.05) is 12.2 Å². The zero-order chi connectivity index (χ0) is 10.6. The molecular formula is C11H16O3. The van der Waals surface area contributed by atoms with E-state index in [4.69, 9.17) is 4.74 Å². The highest BCUT2D eigenvalue weighted by molar-refractivity contribution is 5.74. The summed E-state index contributed by atoms with van der Waals surface area (Å²) in [5, 5.41) is 9.86. The van der Waals surface area contributed by atoms with Crippen LogP contribution < -0.4 is 0 Å². The van der Waals surface area contributed by atoms with Crippen LogP contribution >= 0.6 is 0 Å². The van der Waals surface area contributed by atoms with Gasteiger partial charge >= 0.3 is 5.97 Å². The molecule has 0 aromatic rings. The molecule has 0 aromatic carbocycles. The van der Waals surface area contributed by atoms with Crippen LogP contribution in [0.2, 0.25) is 0 Å². The Balaban J connectivity index is 2.65. The zero-order valence-corrected chi connectivity index (χ0v) is 8.19. The topological polar surface area (TPSA) is 46.5 Å². The molecule has 0 spiro atoms. The number of aliphatic hydroxyl groups excluding tert-OH is 1. The lowest BCUT2D eigenvalue weighted by Gasteiger charge is -2.32. The van der Waals surface area contributed by atoms with Crippen molar-refractivity contribution in [2.45, 2.75) is 18.9 Å². The molecule has 1 heterocycles. The van der Waals surface area contributed by atoms with Crippen molar-refractivity contribution in [3.8, 4) is 0 Å². The Hall–Kier alpha value is -1.09. The lowest BCUT2D eigenvalue weighted by atomic mass is 9.85. The van der Waals surface area contributed by atoms with Crippen molar-refractivity contribution < 1.29 is 14.6 Å². The van der Waals surface area contributed by atoms with Gasteiger partial charge in [0, 0.05) is 5.92 Å². The summed E-state index contributed by atoms with van der Waals surface area (Å²) < 4.78 is 4.98. The molecule has 1 saturated heterocycles. The van der Waals surface area contributed by atoms with E-state index in [2.05, 4.69) is 13.2 Å². The average Bonchev–Trinajstić information content (AvgIpc) is 2.17. The molecular weight excluding hydrogens is 180 g/mol. The number of aliphatic hydroxyl groups is 1. The molecule has 14 heavy (non-hydrogen) atoms. The van der Waals surface area contributed by atoms with Crippen LogP contribution in [0.15, 0.2) is 25.3 Å². The van der Waals surface area contributed by atoms with E-state index in [9.17, 15) is 9.90 Å². The SMILES string of the molecule is C=CCC1COC(=O)C(CC=C)C1O. The summed E-state index contributed by atoms with van der Waals surface area (Å²) in [6.07, 6.45) is 3.87. The van der Waals surface area contributed by atoms with Crippen LogP contribution in [0.25, 0.3) is 0 Å². The maximum atomic E-state index is 11.3. The predicted molar refractivity (Wildman–Crippen MR) is 53.6 cm³/mol. The average molecular weight is 196 g/mol. The van der Waals surface area contributed by atoms with Crippen LogP contribution in [0.3, 0.4) is 0 Å². The van der Waals surface area contributed by atoms with Crippen LogP contribution in [-0.4, -0.2) is 23.8 Å². The minimum absolute atomic E-state index is 0.0184. The Kier molecular flexibility index (Phi) is 3.89. The van der Waals surface area contributed by atoms with Crippen LogP contribution in [0.1, 0.15) is 12.8 Å². The molecule has 0 bridgehead atoms. The standard InChI is InChI=1S/C11H16O3/c1-3-5-8-7-14-11(13)9(6-4-2)10(8)12/h3-4,8-10,12H,1-2,5-7H2. The lowest BCUT2D eigenvalue weighted by molar-refractivity contribution is -0.166. The Bertz CT molecular complexity index is 235.